The summed E-state index contributed by atoms with van der Waals surface area (Å²) in [6, 6.07) is 16.2. The number of aromatic nitrogens is 2. The topological polar surface area (TPSA) is 59.8 Å². The van der Waals surface area contributed by atoms with E-state index < -0.39 is 5.60 Å². The lowest BCUT2D eigenvalue weighted by molar-refractivity contribution is -0.0168. The van der Waals surface area contributed by atoms with Gasteiger partial charge in [-0.15, -0.1) is 0 Å². The summed E-state index contributed by atoms with van der Waals surface area (Å²) in [5.74, 6) is 1.65. The smallest absolute Gasteiger partial charge is 0.119 e. The molecule has 0 spiro atoms. The number of halogens is 1. The molecule has 1 saturated heterocycles. The van der Waals surface area contributed by atoms with Crippen LogP contribution in [0.1, 0.15) is 30.4 Å². The van der Waals surface area contributed by atoms with Crippen molar-refractivity contribution in [2.45, 2.75) is 44.9 Å². The van der Waals surface area contributed by atoms with E-state index in [0.717, 1.165) is 44.0 Å². The quantitative estimate of drug-likeness (QED) is 0.491. The van der Waals surface area contributed by atoms with Crippen LogP contribution in [0.4, 0.5) is 0 Å². The minimum atomic E-state index is -0.782. The zero-order valence-electron chi connectivity index (χ0n) is 19.1. The third-order valence-electron chi connectivity index (χ3n) is 6.06. The molecule has 0 bridgehead atoms. The van der Waals surface area contributed by atoms with Crippen LogP contribution in [-0.4, -0.2) is 51.7 Å². The second kappa shape index (κ2) is 11.1. The average molecular weight is 470 g/mol. The molecule has 0 radical (unpaired) electrons. The van der Waals surface area contributed by atoms with E-state index in [4.69, 9.17) is 21.1 Å². The van der Waals surface area contributed by atoms with Gasteiger partial charge in [-0.3, -0.25) is 9.58 Å². The van der Waals surface area contributed by atoms with Gasteiger partial charge in [-0.2, -0.15) is 5.10 Å². The lowest BCUT2D eigenvalue weighted by Crippen LogP contribution is -2.37. The molecule has 33 heavy (non-hydrogen) atoms. The Labute approximate surface area is 200 Å². The van der Waals surface area contributed by atoms with Gasteiger partial charge in [0.1, 0.15) is 24.7 Å². The van der Waals surface area contributed by atoms with Crippen LogP contribution >= 0.6 is 11.6 Å². The Balaban J connectivity index is 1.21. The van der Waals surface area contributed by atoms with Crippen LogP contribution in [0, 0.1) is 6.92 Å². The highest BCUT2D eigenvalue weighted by molar-refractivity contribution is 6.30. The molecule has 4 rings (SSSR count). The molecule has 0 unspecified atom stereocenters. The van der Waals surface area contributed by atoms with Crippen molar-refractivity contribution in [3.05, 3.63) is 77.1 Å². The fourth-order valence-corrected chi connectivity index (χ4v) is 4.21. The molecular formula is C26H32ClN3O3. The average Bonchev–Trinajstić information content (AvgIpc) is 3.14. The minimum absolute atomic E-state index is 0.334. The first-order chi connectivity index (χ1) is 16.0. The molecule has 0 amide bonds. The molecule has 176 valence electrons. The number of likely N-dealkylation sites (tertiary alicyclic amines) is 1. The van der Waals surface area contributed by atoms with E-state index in [2.05, 4.69) is 29.1 Å². The van der Waals surface area contributed by atoms with Gasteiger partial charge in [-0.05, 0) is 62.6 Å². The fraction of sp³-hybridized carbons (Fsp3) is 0.423. The van der Waals surface area contributed by atoms with Crippen LogP contribution in [-0.2, 0) is 13.1 Å². The maximum Gasteiger partial charge on any atom is 0.119 e. The third kappa shape index (κ3) is 7.22. The van der Waals surface area contributed by atoms with Gasteiger partial charge < -0.3 is 14.6 Å². The van der Waals surface area contributed by atoms with Crippen LogP contribution in [0.25, 0.3) is 0 Å². The minimum Gasteiger partial charge on any atom is -0.492 e. The standard InChI is InChI=1S/C26H32ClN3O3/c1-21-3-7-25(8-4-21)33-20-26(31)11-2-13-29(14-12-26)18-22-5-9-24(10-6-22)32-16-15-30-19-23(27)17-28-30/h3-10,17,19,31H,2,11-16,18,20H2,1H3/t26-/m1/s1. The highest BCUT2D eigenvalue weighted by Gasteiger charge is 2.31. The molecular weight excluding hydrogens is 438 g/mol. The Morgan fingerprint density at radius 2 is 1.73 bits per heavy atom. The van der Waals surface area contributed by atoms with Crippen LogP contribution in [0.15, 0.2) is 60.9 Å². The molecule has 7 heteroatoms. The van der Waals surface area contributed by atoms with E-state index in [1.165, 1.54) is 11.1 Å². The Bertz CT molecular complexity index is 1010. The number of ether oxygens (including phenoxy) is 2. The first kappa shape index (κ1) is 23.6. The van der Waals surface area contributed by atoms with Gasteiger partial charge in [-0.25, -0.2) is 0 Å². The molecule has 6 nitrogen and oxygen atoms in total. The molecule has 0 saturated carbocycles. The lowest BCUT2D eigenvalue weighted by atomic mass is 9.96. The van der Waals surface area contributed by atoms with E-state index in [1.807, 2.05) is 36.4 Å². The molecule has 3 aromatic rings. The number of aliphatic hydroxyl groups is 1. The Kier molecular flexibility index (Phi) is 7.91. The van der Waals surface area contributed by atoms with Gasteiger partial charge in [0.25, 0.3) is 0 Å². The van der Waals surface area contributed by atoms with E-state index in [1.54, 1.807) is 17.1 Å². The third-order valence-corrected chi connectivity index (χ3v) is 6.25. The maximum atomic E-state index is 11.1. The summed E-state index contributed by atoms with van der Waals surface area (Å²) in [4.78, 5) is 2.40. The summed E-state index contributed by atoms with van der Waals surface area (Å²) in [7, 11) is 0. The number of rotatable bonds is 9. The summed E-state index contributed by atoms with van der Waals surface area (Å²) < 4.78 is 13.5. The monoisotopic (exact) mass is 469 g/mol. The Hall–Kier alpha value is -2.54. The second-order valence-corrected chi connectivity index (χ2v) is 9.31. The van der Waals surface area contributed by atoms with Crippen molar-refractivity contribution in [3.63, 3.8) is 0 Å². The van der Waals surface area contributed by atoms with Crippen molar-refractivity contribution in [1.82, 2.24) is 14.7 Å². The summed E-state index contributed by atoms with van der Waals surface area (Å²) >= 11 is 5.88. The highest BCUT2D eigenvalue weighted by Crippen LogP contribution is 2.25. The van der Waals surface area contributed by atoms with Crippen molar-refractivity contribution in [3.8, 4) is 11.5 Å². The van der Waals surface area contributed by atoms with Gasteiger partial charge >= 0.3 is 0 Å². The van der Waals surface area contributed by atoms with Gasteiger partial charge in [-0.1, -0.05) is 41.4 Å². The van der Waals surface area contributed by atoms with E-state index in [0.29, 0.717) is 31.2 Å². The number of benzene rings is 2. The normalized spacial score (nSPS) is 19.2. The van der Waals surface area contributed by atoms with E-state index >= 15 is 0 Å². The first-order valence-corrected chi connectivity index (χ1v) is 11.9. The molecule has 2 aromatic carbocycles. The number of hydrogen-bond acceptors (Lipinski definition) is 5. The summed E-state index contributed by atoms with van der Waals surface area (Å²) in [6.45, 7) is 6.25. The summed E-state index contributed by atoms with van der Waals surface area (Å²) in [6.07, 6.45) is 5.81. The number of aryl methyl sites for hydroxylation is 1. The first-order valence-electron chi connectivity index (χ1n) is 11.5. The predicted octanol–water partition coefficient (Wildman–Crippen LogP) is 4.72. The van der Waals surface area contributed by atoms with E-state index in [9.17, 15) is 5.11 Å². The molecule has 1 fully saturated rings. The van der Waals surface area contributed by atoms with Crippen molar-refractivity contribution >= 4 is 11.6 Å². The maximum absolute atomic E-state index is 11.1. The summed E-state index contributed by atoms with van der Waals surface area (Å²) in [5, 5.41) is 15.8. The molecule has 1 N–H and O–H groups in total. The molecule has 0 aliphatic carbocycles. The number of nitrogens with zero attached hydrogens (tertiary/aromatic N) is 3. The van der Waals surface area contributed by atoms with Crippen LogP contribution in [0.3, 0.4) is 0 Å². The molecule has 1 aliphatic rings. The van der Waals surface area contributed by atoms with Crippen molar-refractivity contribution in [2.24, 2.45) is 0 Å². The van der Waals surface area contributed by atoms with E-state index in [-0.39, 0.29) is 0 Å². The molecule has 1 aromatic heterocycles. The Morgan fingerprint density at radius 1 is 1.00 bits per heavy atom. The van der Waals surface area contributed by atoms with Crippen molar-refractivity contribution in [2.75, 3.05) is 26.3 Å². The van der Waals surface area contributed by atoms with Gasteiger partial charge in [0.15, 0.2) is 0 Å². The largest absolute Gasteiger partial charge is 0.492 e. The van der Waals surface area contributed by atoms with Crippen LogP contribution in [0.5, 0.6) is 11.5 Å². The zero-order valence-corrected chi connectivity index (χ0v) is 19.9. The van der Waals surface area contributed by atoms with Crippen molar-refractivity contribution < 1.29 is 14.6 Å². The predicted molar refractivity (Wildman–Crippen MR) is 130 cm³/mol. The van der Waals surface area contributed by atoms with Crippen LogP contribution < -0.4 is 9.47 Å². The van der Waals surface area contributed by atoms with Crippen LogP contribution in [0.2, 0.25) is 5.02 Å². The molecule has 2 heterocycles. The van der Waals surface area contributed by atoms with Gasteiger partial charge in [0, 0.05) is 19.3 Å². The molecule has 1 atom stereocenters. The zero-order chi connectivity index (χ0) is 23.1. The second-order valence-electron chi connectivity index (χ2n) is 8.87. The van der Waals surface area contributed by atoms with Gasteiger partial charge in [0.2, 0.25) is 0 Å². The highest BCUT2D eigenvalue weighted by atomic mass is 35.5. The lowest BCUT2D eigenvalue weighted by Gasteiger charge is -2.27. The molecule has 1 aliphatic heterocycles. The SMILES string of the molecule is Cc1ccc(OC[C@@]2(O)CCCN(Cc3ccc(OCCn4cc(Cl)cn4)cc3)CC2)cc1. The van der Waals surface area contributed by atoms with Crippen molar-refractivity contribution in [1.29, 1.82) is 0 Å². The fourth-order valence-electron chi connectivity index (χ4n) is 4.06. The Morgan fingerprint density at radius 3 is 2.45 bits per heavy atom. The number of hydrogen-bond donors (Lipinski definition) is 1. The summed E-state index contributed by atoms with van der Waals surface area (Å²) in [5.41, 5.74) is 1.66. The van der Waals surface area contributed by atoms with Gasteiger partial charge in [0.05, 0.1) is 23.4 Å².